The first-order valence-corrected chi connectivity index (χ1v) is 9.76. The number of rotatable bonds is 6. The fourth-order valence-corrected chi connectivity index (χ4v) is 3.15. The summed E-state index contributed by atoms with van der Waals surface area (Å²) >= 11 is 0. The number of aromatic nitrogens is 2. The molecule has 0 radical (unpaired) electrons. The van der Waals surface area contributed by atoms with Crippen molar-refractivity contribution in [1.29, 1.82) is 0 Å². The van der Waals surface area contributed by atoms with E-state index in [2.05, 4.69) is 38.9 Å². The molecule has 6 nitrogen and oxygen atoms in total. The summed E-state index contributed by atoms with van der Waals surface area (Å²) in [6.45, 7) is 4.42. The van der Waals surface area contributed by atoms with Crippen molar-refractivity contribution in [2.45, 2.75) is 13.8 Å². The van der Waals surface area contributed by atoms with E-state index >= 15 is 0 Å². The van der Waals surface area contributed by atoms with Gasteiger partial charge in [-0.25, -0.2) is 5.43 Å². The minimum atomic E-state index is -0.347. The fourth-order valence-electron chi connectivity index (χ4n) is 3.15. The van der Waals surface area contributed by atoms with Crippen LogP contribution in [0, 0.1) is 0 Å². The molecule has 2 N–H and O–H groups in total. The topological polar surface area (TPSA) is 79.4 Å². The second-order valence-electron chi connectivity index (χ2n) is 6.82. The average Bonchev–Trinajstić information content (AvgIpc) is 3.28. The van der Waals surface area contributed by atoms with E-state index in [1.54, 1.807) is 6.07 Å². The maximum atomic E-state index is 12.5. The Hall–Kier alpha value is -3.93. The first-order valence-electron chi connectivity index (χ1n) is 9.76. The molecule has 6 heteroatoms. The maximum absolute atomic E-state index is 12.5. The van der Waals surface area contributed by atoms with Crippen molar-refractivity contribution >= 4 is 22.4 Å². The Bertz CT molecular complexity index is 1210. The number of ether oxygens (including phenoxy) is 1. The maximum Gasteiger partial charge on any atom is 0.289 e. The summed E-state index contributed by atoms with van der Waals surface area (Å²) in [5.74, 6) is 0.452. The number of H-pyrrole nitrogens is 1. The van der Waals surface area contributed by atoms with E-state index < -0.39 is 0 Å². The molecule has 4 rings (SSSR count). The van der Waals surface area contributed by atoms with Crippen LogP contribution in [-0.2, 0) is 0 Å². The highest BCUT2D eigenvalue weighted by Gasteiger charge is 2.11. The zero-order valence-corrected chi connectivity index (χ0v) is 16.8. The molecule has 0 unspecified atom stereocenters. The lowest BCUT2D eigenvalue weighted by atomic mass is 10.0. The predicted molar refractivity (Wildman–Crippen MR) is 119 cm³/mol. The summed E-state index contributed by atoms with van der Waals surface area (Å²) in [4.78, 5) is 12.5. The standard InChI is InChI=1S/C24H22N4O2/c1-3-30-21-12-10-18(11-13-21)22-15-23(27-26-22)24(29)28-25-16(2)19-9-8-17-6-4-5-7-20(17)14-19/h4-15H,3H2,1-2H3,(H,26,27)(H,28,29)/b25-16+. The van der Waals surface area contributed by atoms with Gasteiger partial charge in [-0.3, -0.25) is 9.89 Å². The van der Waals surface area contributed by atoms with Crippen LogP contribution >= 0.6 is 0 Å². The molecule has 0 aliphatic rings. The van der Waals surface area contributed by atoms with Gasteiger partial charge in [-0.1, -0.05) is 36.4 Å². The van der Waals surface area contributed by atoms with Crippen molar-refractivity contribution in [3.8, 4) is 17.0 Å². The third-order valence-electron chi connectivity index (χ3n) is 4.78. The van der Waals surface area contributed by atoms with Gasteiger partial charge in [0.1, 0.15) is 11.4 Å². The number of carbonyl (C=O) groups excluding carboxylic acids is 1. The number of amides is 1. The van der Waals surface area contributed by atoms with Gasteiger partial charge in [0.2, 0.25) is 0 Å². The Labute approximate surface area is 174 Å². The molecule has 1 heterocycles. The van der Waals surface area contributed by atoms with Crippen LogP contribution < -0.4 is 10.2 Å². The molecule has 0 bridgehead atoms. The SMILES string of the molecule is CCOc1ccc(-c2cc(C(=O)N/N=C(\C)c3ccc4ccccc4c3)[nH]n2)cc1. The number of hydrogen-bond acceptors (Lipinski definition) is 4. The van der Waals surface area contributed by atoms with E-state index in [4.69, 9.17) is 4.74 Å². The van der Waals surface area contributed by atoms with E-state index in [9.17, 15) is 4.79 Å². The van der Waals surface area contributed by atoms with Gasteiger partial charge < -0.3 is 4.74 Å². The summed E-state index contributed by atoms with van der Waals surface area (Å²) in [6.07, 6.45) is 0. The molecule has 0 aliphatic heterocycles. The zero-order chi connectivity index (χ0) is 20.9. The van der Waals surface area contributed by atoms with Crippen molar-refractivity contribution < 1.29 is 9.53 Å². The van der Waals surface area contributed by atoms with Crippen molar-refractivity contribution in [3.63, 3.8) is 0 Å². The fraction of sp³-hybridized carbons (Fsp3) is 0.125. The molecule has 30 heavy (non-hydrogen) atoms. The Morgan fingerprint density at radius 1 is 1.03 bits per heavy atom. The van der Waals surface area contributed by atoms with E-state index in [0.29, 0.717) is 18.0 Å². The third-order valence-corrected chi connectivity index (χ3v) is 4.78. The van der Waals surface area contributed by atoms with Gasteiger partial charge in [0, 0.05) is 5.56 Å². The lowest BCUT2D eigenvalue weighted by Gasteiger charge is -2.04. The van der Waals surface area contributed by atoms with Crippen molar-refractivity contribution in [1.82, 2.24) is 15.6 Å². The lowest BCUT2D eigenvalue weighted by Crippen LogP contribution is -2.19. The monoisotopic (exact) mass is 398 g/mol. The summed E-state index contributed by atoms with van der Waals surface area (Å²) in [6, 6.07) is 23.5. The zero-order valence-electron chi connectivity index (χ0n) is 16.8. The normalized spacial score (nSPS) is 11.5. The first kappa shape index (κ1) is 19.4. The molecule has 150 valence electrons. The van der Waals surface area contributed by atoms with Crippen molar-refractivity contribution in [2.24, 2.45) is 5.10 Å². The number of benzene rings is 3. The molecule has 0 saturated heterocycles. The highest BCUT2D eigenvalue weighted by molar-refractivity contribution is 6.03. The molecule has 0 spiro atoms. The minimum Gasteiger partial charge on any atom is -0.494 e. The van der Waals surface area contributed by atoms with Crippen LogP contribution in [0.2, 0.25) is 0 Å². The molecule has 0 fully saturated rings. The average molecular weight is 398 g/mol. The Kier molecular flexibility index (Phi) is 5.57. The number of carbonyl (C=O) groups is 1. The lowest BCUT2D eigenvalue weighted by molar-refractivity contribution is 0.0950. The van der Waals surface area contributed by atoms with Crippen LogP contribution in [-0.4, -0.2) is 28.4 Å². The molecule has 3 aromatic carbocycles. The molecule has 1 amide bonds. The number of nitrogens with zero attached hydrogens (tertiary/aromatic N) is 2. The second kappa shape index (κ2) is 8.61. The highest BCUT2D eigenvalue weighted by Crippen LogP contribution is 2.21. The van der Waals surface area contributed by atoms with Crippen molar-refractivity contribution in [2.75, 3.05) is 6.61 Å². The first-order chi connectivity index (χ1) is 14.6. The largest absolute Gasteiger partial charge is 0.494 e. The van der Waals surface area contributed by atoms with Crippen LogP contribution in [0.25, 0.3) is 22.0 Å². The molecule has 4 aromatic rings. The summed E-state index contributed by atoms with van der Waals surface area (Å²) in [7, 11) is 0. The van der Waals surface area contributed by atoms with Gasteiger partial charge in [-0.2, -0.15) is 10.2 Å². The molecule has 0 atom stereocenters. The Morgan fingerprint density at radius 2 is 1.80 bits per heavy atom. The van der Waals surface area contributed by atoms with E-state index in [0.717, 1.165) is 33.4 Å². The predicted octanol–water partition coefficient (Wildman–Crippen LogP) is 4.78. The van der Waals surface area contributed by atoms with Gasteiger partial charge in [0.05, 0.1) is 18.0 Å². The van der Waals surface area contributed by atoms with Crippen LogP contribution in [0.15, 0.2) is 77.9 Å². The quantitative estimate of drug-likeness (QED) is 0.362. The third kappa shape index (κ3) is 4.22. The molecule has 1 aromatic heterocycles. The Balaban J connectivity index is 1.45. The number of hydrazone groups is 1. The molecule has 0 aliphatic carbocycles. The number of aromatic amines is 1. The second-order valence-corrected chi connectivity index (χ2v) is 6.82. The summed E-state index contributed by atoms with van der Waals surface area (Å²) < 4.78 is 5.45. The van der Waals surface area contributed by atoms with E-state index in [1.807, 2.05) is 62.4 Å². The number of fused-ring (bicyclic) bond motifs is 1. The molecular weight excluding hydrogens is 376 g/mol. The van der Waals surface area contributed by atoms with E-state index in [-0.39, 0.29) is 5.91 Å². The van der Waals surface area contributed by atoms with Crippen LogP contribution in [0.4, 0.5) is 0 Å². The molecular formula is C24H22N4O2. The van der Waals surface area contributed by atoms with Gasteiger partial charge in [0.25, 0.3) is 5.91 Å². The van der Waals surface area contributed by atoms with Gasteiger partial charge >= 0.3 is 0 Å². The van der Waals surface area contributed by atoms with Gasteiger partial charge in [-0.05, 0) is 66.6 Å². The van der Waals surface area contributed by atoms with Crippen LogP contribution in [0.1, 0.15) is 29.9 Å². The summed E-state index contributed by atoms with van der Waals surface area (Å²) in [5, 5.41) is 13.5. The van der Waals surface area contributed by atoms with Gasteiger partial charge in [-0.15, -0.1) is 0 Å². The van der Waals surface area contributed by atoms with Crippen molar-refractivity contribution in [3.05, 3.63) is 84.1 Å². The van der Waals surface area contributed by atoms with Crippen LogP contribution in [0.5, 0.6) is 5.75 Å². The van der Waals surface area contributed by atoms with E-state index in [1.165, 1.54) is 0 Å². The summed E-state index contributed by atoms with van der Waals surface area (Å²) in [5.41, 5.74) is 6.18. The molecule has 0 saturated carbocycles. The Morgan fingerprint density at radius 3 is 2.57 bits per heavy atom. The van der Waals surface area contributed by atoms with Gasteiger partial charge in [0.15, 0.2) is 0 Å². The van der Waals surface area contributed by atoms with Crippen LogP contribution in [0.3, 0.4) is 0 Å². The number of nitrogens with one attached hydrogen (secondary N) is 2. The highest BCUT2D eigenvalue weighted by atomic mass is 16.5. The number of hydrogen-bond donors (Lipinski definition) is 2. The minimum absolute atomic E-state index is 0.342. The smallest absolute Gasteiger partial charge is 0.289 e.